The molecule has 2 heterocycles. The minimum Gasteiger partial charge on any atom is -0.463 e. The van der Waals surface area contributed by atoms with E-state index in [9.17, 15) is 14.4 Å². The number of fused-ring (bicyclic) bond motifs is 1. The first kappa shape index (κ1) is 16.6. The van der Waals surface area contributed by atoms with Crippen molar-refractivity contribution in [1.29, 1.82) is 0 Å². The fraction of sp³-hybridized carbons (Fsp3) is 0.312. The molecule has 25 heavy (non-hydrogen) atoms. The molecule has 0 aliphatic carbocycles. The van der Waals surface area contributed by atoms with Gasteiger partial charge in [0.2, 0.25) is 17.7 Å². The van der Waals surface area contributed by atoms with Crippen LogP contribution in [0.25, 0.3) is 0 Å². The summed E-state index contributed by atoms with van der Waals surface area (Å²) in [7, 11) is 1.22. The minimum absolute atomic E-state index is 0.0197. The molecule has 9 heteroatoms. The first-order valence-electron chi connectivity index (χ1n) is 7.78. The standard InChI is InChI=1S/C16H17N5O4/c1-3-12(22)21-7-6-9-8-10(4-5-11(9)21)14(23)18-16-17-13(19-20-16)15(24)25-2/h4-5,8H,3,6-7H2,1-2H3,(H2,17,18,19,20,23). The van der Waals surface area contributed by atoms with Crippen molar-refractivity contribution in [2.75, 3.05) is 23.9 Å². The van der Waals surface area contributed by atoms with Gasteiger partial charge in [-0.25, -0.2) is 4.79 Å². The van der Waals surface area contributed by atoms with E-state index in [0.29, 0.717) is 24.9 Å². The Morgan fingerprint density at radius 3 is 2.88 bits per heavy atom. The van der Waals surface area contributed by atoms with Crippen molar-refractivity contribution in [2.45, 2.75) is 19.8 Å². The van der Waals surface area contributed by atoms with Gasteiger partial charge in [-0.15, -0.1) is 5.10 Å². The highest BCUT2D eigenvalue weighted by Crippen LogP contribution is 2.29. The van der Waals surface area contributed by atoms with Crippen molar-refractivity contribution < 1.29 is 19.1 Å². The zero-order valence-electron chi connectivity index (χ0n) is 13.8. The van der Waals surface area contributed by atoms with E-state index >= 15 is 0 Å². The average molecular weight is 343 g/mol. The van der Waals surface area contributed by atoms with Gasteiger partial charge in [0.25, 0.3) is 5.91 Å². The van der Waals surface area contributed by atoms with E-state index in [4.69, 9.17) is 0 Å². The molecule has 0 fully saturated rings. The Labute approximate surface area is 143 Å². The maximum absolute atomic E-state index is 12.3. The summed E-state index contributed by atoms with van der Waals surface area (Å²) in [6.45, 7) is 2.44. The van der Waals surface area contributed by atoms with E-state index in [-0.39, 0.29) is 17.7 Å². The molecule has 9 nitrogen and oxygen atoms in total. The van der Waals surface area contributed by atoms with E-state index in [1.165, 1.54) is 7.11 Å². The molecular weight excluding hydrogens is 326 g/mol. The summed E-state index contributed by atoms with van der Waals surface area (Å²) in [6.07, 6.45) is 1.14. The molecule has 1 aromatic carbocycles. The number of carbonyl (C=O) groups is 3. The maximum Gasteiger partial charge on any atom is 0.375 e. The third-order valence-electron chi connectivity index (χ3n) is 3.93. The third kappa shape index (κ3) is 3.21. The van der Waals surface area contributed by atoms with E-state index in [2.05, 4.69) is 25.2 Å². The number of aromatic amines is 1. The molecule has 1 aromatic heterocycles. The number of esters is 1. The van der Waals surface area contributed by atoms with Crippen molar-refractivity contribution in [3.63, 3.8) is 0 Å². The fourth-order valence-electron chi connectivity index (χ4n) is 2.67. The quantitative estimate of drug-likeness (QED) is 0.804. The Balaban J connectivity index is 1.74. The predicted molar refractivity (Wildman–Crippen MR) is 88.5 cm³/mol. The van der Waals surface area contributed by atoms with Gasteiger partial charge in [-0.05, 0) is 30.2 Å². The van der Waals surface area contributed by atoms with Gasteiger partial charge in [-0.3, -0.25) is 20.0 Å². The Morgan fingerprint density at radius 2 is 2.16 bits per heavy atom. The number of hydrogen-bond acceptors (Lipinski definition) is 6. The van der Waals surface area contributed by atoms with Gasteiger partial charge in [0, 0.05) is 24.2 Å². The fourth-order valence-corrected chi connectivity index (χ4v) is 2.67. The summed E-state index contributed by atoms with van der Waals surface area (Å²) in [5.41, 5.74) is 2.21. The van der Waals surface area contributed by atoms with Gasteiger partial charge in [-0.1, -0.05) is 6.92 Å². The van der Waals surface area contributed by atoms with Crippen LogP contribution >= 0.6 is 0 Å². The summed E-state index contributed by atoms with van der Waals surface area (Å²) in [5.74, 6) is -1.13. The number of nitrogens with one attached hydrogen (secondary N) is 2. The Morgan fingerprint density at radius 1 is 1.36 bits per heavy atom. The number of ether oxygens (including phenoxy) is 1. The SMILES string of the molecule is CCC(=O)N1CCc2cc(C(=O)Nc3n[nH]c(C(=O)OC)n3)ccc21. The first-order valence-corrected chi connectivity index (χ1v) is 7.78. The number of nitrogens with zero attached hydrogens (tertiary/aromatic N) is 3. The lowest BCUT2D eigenvalue weighted by Gasteiger charge is -2.16. The smallest absolute Gasteiger partial charge is 0.375 e. The highest BCUT2D eigenvalue weighted by atomic mass is 16.5. The number of methoxy groups -OCH3 is 1. The second-order valence-electron chi connectivity index (χ2n) is 5.45. The molecule has 130 valence electrons. The predicted octanol–water partition coefficient (Wildman–Crippen LogP) is 1.14. The number of aromatic nitrogens is 3. The van der Waals surface area contributed by atoms with E-state index in [1.54, 1.807) is 23.1 Å². The third-order valence-corrected chi connectivity index (χ3v) is 3.93. The Bertz CT molecular complexity index is 845. The van der Waals surface area contributed by atoms with Gasteiger partial charge < -0.3 is 9.64 Å². The van der Waals surface area contributed by atoms with Crippen LogP contribution in [0.5, 0.6) is 0 Å². The van der Waals surface area contributed by atoms with Crippen molar-refractivity contribution in [2.24, 2.45) is 0 Å². The van der Waals surface area contributed by atoms with Gasteiger partial charge in [0.05, 0.1) is 7.11 Å². The van der Waals surface area contributed by atoms with Crippen LogP contribution in [-0.4, -0.2) is 46.6 Å². The lowest BCUT2D eigenvalue weighted by atomic mass is 10.1. The lowest BCUT2D eigenvalue weighted by molar-refractivity contribution is -0.118. The maximum atomic E-state index is 12.3. The van der Waals surface area contributed by atoms with E-state index in [1.807, 2.05) is 6.92 Å². The number of anilines is 2. The molecule has 2 N–H and O–H groups in total. The molecule has 0 atom stereocenters. The van der Waals surface area contributed by atoms with Crippen molar-refractivity contribution in [3.05, 3.63) is 35.2 Å². The van der Waals surface area contributed by atoms with Crippen LogP contribution < -0.4 is 10.2 Å². The Kier molecular flexibility index (Phi) is 4.46. The second kappa shape index (κ2) is 6.71. The van der Waals surface area contributed by atoms with Gasteiger partial charge >= 0.3 is 5.97 Å². The molecule has 0 spiro atoms. The zero-order valence-corrected chi connectivity index (χ0v) is 13.8. The Hall–Kier alpha value is -3.23. The van der Waals surface area contributed by atoms with Gasteiger partial charge in [0.15, 0.2) is 0 Å². The van der Waals surface area contributed by atoms with Gasteiger partial charge in [0.1, 0.15) is 0 Å². The van der Waals surface area contributed by atoms with Crippen molar-refractivity contribution in [3.8, 4) is 0 Å². The van der Waals surface area contributed by atoms with Gasteiger partial charge in [-0.2, -0.15) is 4.98 Å². The van der Waals surface area contributed by atoms with Crippen LogP contribution in [0.1, 0.15) is 39.9 Å². The molecule has 0 saturated heterocycles. The molecule has 0 bridgehead atoms. The van der Waals surface area contributed by atoms with E-state index < -0.39 is 11.9 Å². The highest BCUT2D eigenvalue weighted by molar-refractivity contribution is 6.04. The van der Waals surface area contributed by atoms with Crippen LogP contribution in [0, 0.1) is 0 Å². The van der Waals surface area contributed by atoms with Crippen LogP contribution in [0.15, 0.2) is 18.2 Å². The molecule has 1 aliphatic heterocycles. The molecule has 2 amide bonds. The first-order chi connectivity index (χ1) is 12.0. The van der Waals surface area contributed by atoms with Crippen molar-refractivity contribution >= 4 is 29.4 Å². The zero-order chi connectivity index (χ0) is 18.0. The molecule has 2 aromatic rings. The summed E-state index contributed by atoms with van der Waals surface area (Å²) >= 11 is 0. The summed E-state index contributed by atoms with van der Waals surface area (Å²) in [6, 6.07) is 5.16. The molecular formula is C16H17N5O4. The normalized spacial score (nSPS) is 12.6. The highest BCUT2D eigenvalue weighted by Gasteiger charge is 2.24. The number of benzene rings is 1. The number of hydrogen-bond donors (Lipinski definition) is 2. The van der Waals surface area contributed by atoms with Crippen molar-refractivity contribution in [1.82, 2.24) is 15.2 Å². The molecule has 0 radical (unpaired) electrons. The van der Waals surface area contributed by atoms with Crippen LogP contribution in [0.3, 0.4) is 0 Å². The second-order valence-corrected chi connectivity index (χ2v) is 5.45. The number of H-pyrrole nitrogens is 1. The largest absolute Gasteiger partial charge is 0.463 e. The van der Waals surface area contributed by atoms with Crippen LogP contribution in [-0.2, 0) is 16.0 Å². The monoisotopic (exact) mass is 343 g/mol. The number of carbonyl (C=O) groups excluding carboxylic acids is 3. The number of rotatable bonds is 4. The molecule has 3 rings (SSSR count). The van der Waals surface area contributed by atoms with E-state index in [0.717, 1.165) is 11.3 Å². The summed E-state index contributed by atoms with van der Waals surface area (Å²) in [4.78, 5) is 41.1. The molecule has 1 aliphatic rings. The lowest BCUT2D eigenvalue weighted by Crippen LogP contribution is -2.27. The average Bonchev–Trinajstić information content (AvgIpc) is 3.26. The number of amides is 2. The summed E-state index contributed by atoms with van der Waals surface area (Å²) in [5, 5.41) is 8.65. The van der Waals surface area contributed by atoms with Crippen LogP contribution in [0.4, 0.5) is 11.6 Å². The summed E-state index contributed by atoms with van der Waals surface area (Å²) < 4.78 is 4.51. The topological polar surface area (TPSA) is 117 Å². The molecule has 0 saturated carbocycles. The van der Waals surface area contributed by atoms with Crippen LogP contribution in [0.2, 0.25) is 0 Å². The molecule has 0 unspecified atom stereocenters. The minimum atomic E-state index is -0.675.